The maximum atomic E-state index is 9.85. The molecule has 5 rings (SSSR count). The zero-order valence-corrected chi connectivity index (χ0v) is 19.4. The van der Waals surface area contributed by atoms with Crippen molar-refractivity contribution >= 4 is 5.82 Å². The largest absolute Gasteiger partial charge is 0.484 e. The van der Waals surface area contributed by atoms with E-state index in [4.69, 9.17) is 15.2 Å². The van der Waals surface area contributed by atoms with Crippen molar-refractivity contribution in [1.82, 2.24) is 19.7 Å². The molecule has 2 bridgehead atoms. The summed E-state index contributed by atoms with van der Waals surface area (Å²) in [6.45, 7) is 5.70. The Morgan fingerprint density at radius 1 is 1.21 bits per heavy atom. The standard InChI is InChI=1S/C25H28N6O2/c1-15-5-6-21-18(9-15)16(2)32-22-10-17(12-28-24(22)27)23-19(29-31(4)20(23)11-26)7-8-25(33-21)13-30(3)14-25/h5-6,9-10,12,16H,7-8,13-14H2,1-4H3,(H2,27,28)/t16-/m1/s1. The number of rotatable bonds is 0. The van der Waals surface area contributed by atoms with Gasteiger partial charge in [-0.05, 0) is 51.9 Å². The van der Waals surface area contributed by atoms with Crippen molar-refractivity contribution in [3.05, 3.63) is 53.0 Å². The van der Waals surface area contributed by atoms with Crippen LogP contribution in [0.1, 0.15) is 42.0 Å². The van der Waals surface area contributed by atoms with Gasteiger partial charge in [0.15, 0.2) is 11.6 Å². The van der Waals surface area contributed by atoms with Crippen molar-refractivity contribution in [3.8, 4) is 28.7 Å². The molecule has 2 aromatic heterocycles. The van der Waals surface area contributed by atoms with E-state index in [2.05, 4.69) is 47.2 Å². The van der Waals surface area contributed by atoms with Gasteiger partial charge in [0.1, 0.15) is 29.2 Å². The monoisotopic (exact) mass is 444 g/mol. The van der Waals surface area contributed by atoms with Crippen LogP contribution in [0.15, 0.2) is 30.5 Å². The summed E-state index contributed by atoms with van der Waals surface area (Å²) in [5.41, 5.74) is 10.9. The lowest BCUT2D eigenvalue weighted by Gasteiger charge is -2.48. The molecule has 2 N–H and O–H groups in total. The fraction of sp³-hybridized carbons (Fsp3) is 0.400. The lowest BCUT2D eigenvalue weighted by molar-refractivity contribution is -0.0710. The Morgan fingerprint density at radius 3 is 2.73 bits per heavy atom. The second kappa shape index (κ2) is 7.78. The van der Waals surface area contributed by atoms with Crippen LogP contribution < -0.4 is 15.2 Å². The van der Waals surface area contributed by atoms with Gasteiger partial charge in [-0.2, -0.15) is 10.4 Å². The van der Waals surface area contributed by atoms with Gasteiger partial charge < -0.3 is 15.2 Å². The predicted molar refractivity (Wildman–Crippen MR) is 125 cm³/mol. The molecule has 1 spiro atoms. The number of fused-ring (bicyclic) bond motifs is 5. The molecule has 4 heterocycles. The molecule has 1 saturated heterocycles. The molecule has 3 aromatic rings. The predicted octanol–water partition coefficient (Wildman–Crippen LogP) is 3.39. The number of hydrogen-bond acceptors (Lipinski definition) is 7. The number of pyridine rings is 1. The summed E-state index contributed by atoms with van der Waals surface area (Å²) >= 11 is 0. The zero-order chi connectivity index (χ0) is 23.3. The van der Waals surface area contributed by atoms with Crippen LogP contribution in [0.5, 0.6) is 11.5 Å². The second-order valence-corrected chi connectivity index (χ2v) is 9.27. The van der Waals surface area contributed by atoms with Gasteiger partial charge >= 0.3 is 0 Å². The van der Waals surface area contributed by atoms with Crippen molar-refractivity contribution in [2.45, 2.75) is 38.4 Å². The molecule has 33 heavy (non-hydrogen) atoms. The molecule has 0 aliphatic carbocycles. The van der Waals surface area contributed by atoms with Gasteiger partial charge in [-0.1, -0.05) is 11.6 Å². The van der Waals surface area contributed by atoms with Crippen LogP contribution in [0.4, 0.5) is 5.82 Å². The number of likely N-dealkylation sites (tertiary alicyclic amines) is 1. The molecule has 0 unspecified atom stereocenters. The number of anilines is 1. The van der Waals surface area contributed by atoms with E-state index in [-0.39, 0.29) is 11.7 Å². The highest BCUT2D eigenvalue weighted by Crippen LogP contribution is 2.40. The van der Waals surface area contributed by atoms with Gasteiger partial charge in [-0.15, -0.1) is 0 Å². The van der Waals surface area contributed by atoms with Gasteiger partial charge in [-0.3, -0.25) is 9.58 Å². The first-order valence-corrected chi connectivity index (χ1v) is 11.2. The minimum atomic E-state index is -0.329. The van der Waals surface area contributed by atoms with E-state index in [0.29, 0.717) is 23.7 Å². The summed E-state index contributed by atoms with van der Waals surface area (Å²) in [6, 6.07) is 10.4. The maximum Gasteiger partial charge on any atom is 0.166 e. The molecule has 8 heteroatoms. The van der Waals surface area contributed by atoms with Gasteiger partial charge in [0, 0.05) is 43.0 Å². The molecule has 170 valence electrons. The van der Waals surface area contributed by atoms with Crippen LogP contribution in [0.25, 0.3) is 11.1 Å². The molecule has 1 fully saturated rings. The molecular formula is C25H28N6O2. The summed E-state index contributed by atoms with van der Waals surface area (Å²) in [6.07, 6.45) is 2.84. The highest BCUT2D eigenvalue weighted by atomic mass is 16.5. The molecule has 0 amide bonds. The number of likely N-dealkylation sites (N-methyl/N-ethyl adjacent to an activating group) is 1. The molecule has 0 radical (unpaired) electrons. The number of benzene rings is 1. The Morgan fingerprint density at radius 2 is 2.00 bits per heavy atom. The van der Waals surface area contributed by atoms with Crippen LogP contribution in [0.3, 0.4) is 0 Å². The Balaban J connectivity index is 1.68. The maximum absolute atomic E-state index is 9.85. The number of nitrogen functional groups attached to an aromatic ring is 1. The molecule has 8 nitrogen and oxygen atoms in total. The quantitative estimate of drug-likeness (QED) is 0.567. The molecule has 2 aliphatic heterocycles. The van der Waals surface area contributed by atoms with Crippen LogP contribution in [-0.2, 0) is 13.5 Å². The summed E-state index contributed by atoms with van der Waals surface area (Å²) in [7, 11) is 3.89. The number of nitriles is 1. The minimum Gasteiger partial charge on any atom is -0.484 e. The third-order valence-corrected chi connectivity index (χ3v) is 6.56. The lowest BCUT2D eigenvalue weighted by Crippen LogP contribution is -2.63. The van der Waals surface area contributed by atoms with E-state index in [1.54, 1.807) is 17.9 Å². The third kappa shape index (κ3) is 3.68. The molecule has 2 aliphatic rings. The van der Waals surface area contributed by atoms with Gasteiger partial charge in [-0.25, -0.2) is 4.98 Å². The summed E-state index contributed by atoms with van der Waals surface area (Å²) in [5, 5.41) is 14.5. The first-order chi connectivity index (χ1) is 15.8. The summed E-state index contributed by atoms with van der Waals surface area (Å²) in [5.74, 6) is 1.60. The second-order valence-electron chi connectivity index (χ2n) is 9.27. The Labute approximate surface area is 193 Å². The molecule has 1 aromatic carbocycles. The minimum absolute atomic E-state index is 0.302. The number of nitrogens with two attached hydrogens (primary N) is 1. The van der Waals surface area contributed by atoms with E-state index in [9.17, 15) is 5.26 Å². The Bertz CT molecular complexity index is 1270. The van der Waals surface area contributed by atoms with Crippen LogP contribution in [0.2, 0.25) is 0 Å². The molecular weight excluding hydrogens is 416 g/mol. The highest BCUT2D eigenvalue weighted by Gasteiger charge is 2.44. The van der Waals surface area contributed by atoms with E-state index in [1.165, 1.54) is 0 Å². The third-order valence-electron chi connectivity index (χ3n) is 6.56. The van der Waals surface area contributed by atoms with E-state index < -0.39 is 0 Å². The van der Waals surface area contributed by atoms with Gasteiger partial charge in [0.25, 0.3) is 0 Å². The lowest BCUT2D eigenvalue weighted by atomic mass is 9.87. The number of aromatic nitrogens is 3. The first kappa shape index (κ1) is 21.3. The number of nitrogens with zero attached hydrogens (tertiary/aromatic N) is 5. The van der Waals surface area contributed by atoms with Crippen LogP contribution in [-0.4, -0.2) is 45.4 Å². The Hall–Kier alpha value is -3.57. The van der Waals surface area contributed by atoms with Crippen LogP contribution in [0, 0.1) is 18.3 Å². The van der Waals surface area contributed by atoms with Gasteiger partial charge in [0.2, 0.25) is 0 Å². The summed E-state index contributed by atoms with van der Waals surface area (Å²) in [4.78, 5) is 6.63. The van der Waals surface area contributed by atoms with Crippen molar-refractivity contribution in [2.75, 3.05) is 25.9 Å². The van der Waals surface area contributed by atoms with Gasteiger partial charge in [0.05, 0.1) is 5.69 Å². The fourth-order valence-electron chi connectivity index (χ4n) is 5.00. The SMILES string of the molecule is Cc1ccc2c(c1)[C@@H](C)Oc1cc(cnc1N)-c1c(nn(C)c1C#N)CCC1(CN(C)C1)O2. The smallest absolute Gasteiger partial charge is 0.166 e. The first-order valence-electron chi connectivity index (χ1n) is 11.2. The van der Waals surface area contributed by atoms with Crippen molar-refractivity contribution in [1.29, 1.82) is 5.26 Å². The number of aryl methyl sites for hydroxylation is 3. The van der Waals surface area contributed by atoms with E-state index >= 15 is 0 Å². The molecule has 0 saturated carbocycles. The average Bonchev–Trinajstić information content (AvgIpc) is 3.08. The Kier molecular flexibility index (Phi) is 5.02. The highest BCUT2D eigenvalue weighted by molar-refractivity contribution is 5.73. The van der Waals surface area contributed by atoms with Crippen molar-refractivity contribution in [2.24, 2.45) is 7.05 Å². The number of hydrogen-bond donors (Lipinski definition) is 1. The van der Waals surface area contributed by atoms with E-state index in [0.717, 1.165) is 53.2 Å². The zero-order valence-electron chi connectivity index (χ0n) is 19.4. The normalized spacial score (nSPS) is 19.4. The van der Waals surface area contributed by atoms with E-state index in [1.807, 2.05) is 19.1 Å². The average molecular weight is 445 g/mol. The topological polar surface area (TPSA) is 102 Å². The fourth-order valence-corrected chi connectivity index (χ4v) is 5.00. The number of ether oxygens (including phenoxy) is 2. The summed E-state index contributed by atoms with van der Waals surface area (Å²) < 4.78 is 14.7. The van der Waals surface area contributed by atoms with Crippen LogP contribution >= 0.6 is 0 Å². The van der Waals surface area contributed by atoms with Crippen molar-refractivity contribution in [3.63, 3.8) is 0 Å². The molecule has 1 atom stereocenters. The van der Waals surface area contributed by atoms with Crippen molar-refractivity contribution < 1.29 is 9.47 Å².